The van der Waals surface area contributed by atoms with Gasteiger partial charge in [-0.1, -0.05) is 36.4 Å². The largest absolute Gasteiger partial charge is 0.455 e. The van der Waals surface area contributed by atoms with Crippen molar-refractivity contribution >= 4 is 11.9 Å². The predicted octanol–water partition coefficient (Wildman–Crippen LogP) is 4.98. The van der Waals surface area contributed by atoms with Crippen LogP contribution in [0.2, 0.25) is 0 Å². The molecule has 5 unspecified atom stereocenters. The minimum absolute atomic E-state index is 0.102. The summed E-state index contributed by atoms with van der Waals surface area (Å²) in [6.07, 6.45) is 3.84. The molecule has 0 aliphatic heterocycles. The Morgan fingerprint density at radius 3 is 1.94 bits per heavy atom. The molecular formula is C26H25NO4. The van der Waals surface area contributed by atoms with Crippen molar-refractivity contribution in [3.8, 4) is 0 Å². The van der Waals surface area contributed by atoms with Crippen molar-refractivity contribution in [1.82, 2.24) is 4.98 Å². The standard InChI is InChI=1S/C26H25NO4/c28-25(17-8-3-1-4-9-17)30-23-19-13-14-20(21(16-19)22-12-7-15-27-22)24(23)31-26(29)18-10-5-2-6-11-18/h1-12,15,19-21,23-24,27H,13-14,16H2. The molecule has 1 aromatic heterocycles. The van der Waals surface area contributed by atoms with Gasteiger partial charge in [0, 0.05) is 29.6 Å². The van der Waals surface area contributed by atoms with Crippen molar-refractivity contribution in [1.29, 1.82) is 0 Å². The van der Waals surface area contributed by atoms with E-state index in [-0.39, 0.29) is 29.7 Å². The Labute approximate surface area is 181 Å². The fourth-order valence-electron chi connectivity index (χ4n) is 5.21. The Balaban J connectivity index is 1.42. The summed E-state index contributed by atoms with van der Waals surface area (Å²) in [6.45, 7) is 0. The minimum atomic E-state index is -0.471. The molecule has 5 heteroatoms. The molecule has 0 radical (unpaired) electrons. The van der Waals surface area contributed by atoms with E-state index in [4.69, 9.17) is 9.47 Å². The molecule has 3 aliphatic rings. The van der Waals surface area contributed by atoms with Gasteiger partial charge in [-0.25, -0.2) is 9.59 Å². The zero-order valence-electron chi connectivity index (χ0n) is 17.1. The van der Waals surface area contributed by atoms with Gasteiger partial charge in [-0.05, 0) is 55.7 Å². The van der Waals surface area contributed by atoms with Crippen LogP contribution in [0.25, 0.3) is 0 Å². The van der Waals surface area contributed by atoms with E-state index in [1.54, 1.807) is 24.3 Å². The molecular weight excluding hydrogens is 390 g/mol. The Hall–Kier alpha value is -3.34. The van der Waals surface area contributed by atoms with Crippen molar-refractivity contribution in [2.75, 3.05) is 0 Å². The SMILES string of the molecule is O=C(OC1C2CCC(C(c3ccc[nH]3)C2)C1OC(=O)c1ccccc1)c1ccccc1. The van der Waals surface area contributed by atoms with E-state index >= 15 is 0 Å². The maximum Gasteiger partial charge on any atom is 0.338 e. The fraction of sp³-hybridized carbons (Fsp3) is 0.308. The highest BCUT2D eigenvalue weighted by atomic mass is 16.6. The van der Waals surface area contributed by atoms with Crippen LogP contribution >= 0.6 is 0 Å². The van der Waals surface area contributed by atoms with Gasteiger partial charge in [-0.15, -0.1) is 0 Å². The van der Waals surface area contributed by atoms with Gasteiger partial charge in [0.25, 0.3) is 0 Å². The highest BCUT2D eigenvalue weighted by molar-refractivity contribution is 5.90. The molecule has 0 spiro atoms. The Bertz CT molecular complexity index is 1030. The number of ether oxygens (including phenoxy) is 2. The van der Waals surface area contributed by atoms with Crippen molar-refractivity contribution in [3.05, 3.63) is 95.8 Å². The quantitative estimate of drug-likeness (QED) is 0.597. The number of hydrogen-bond acceptors (Lipinski definition) is 4. The number of carbonyl (C=O) groups excluding carboxylic acids is 2. The molecule has 158 valence electrons. The van der Waals surface area contributed by atoms with Gasteiger partial charge in [0.05, 0.1) is 11.1 Å². The van der Waals surface area contributed by atoms with Crippen LogP contribution < -0.4 is 0 Å². The van der Waals surface area contributed by atoms with Crippen molar-refractivity contribution < 1.29 is 19.1 Å². The third kappa shape index (κ3) is 3.88. The zero-order valence-corrected chi connectivity index (χ0v) is 17.1. The smallest absolute Gasteiger partial charge is 0.338 e. The molecule has 3 aromatic rings. The number of fused-ring (bicyclic) bond motifs is 3. The van der Waals surface area contributed by atoms with Crippen LogP contribution in [0.15, 0.2) is 79.0 Å². The average Bonchev–Trinajstić information content (AvgIpc) is 3.37. The van der Waals surface area contributed by atoms with E-state index < -0.39 is 12.2 Å². The lowest BCUT2D eigenvalue weighted by molar-refractivity contribution is -0.129. The van der Waals surface area contributed by atoms with Crippen LogP contribution in [-0.4, -0.2) is 29.1 Å². The number of rotatable bonds is 5. The van der Waals surface area contributed by atoms with E-state index in [1.165, 1.54) is 0 Å². The van der Waals surface area contributed by atoms with Crippen LogP contribution in [0.4, 0.5) is 0 Å². The molecule has 3 fully saturated rings. The summed E-state index contributed by atoms with van der Waals surface area (Å²) < 4.78 is 12.1. The van der Waals surface area contributed by atoms with E-state index in [2.05, 4.69) is 11.1 Å². The lowest BCUT2D eigenvalue weighted by atomic mass is 9.60. The Morgan fingerprint density at radius 1 is 0.742 bits per heavy atom. The monoisotopic (exact) mass is 415 g/mol. The van der Waals surface area contributed by atoms with Gasteiger partial charge in [-0.2, -0.15) is 0 Å². The summed E-state index contributed by atoms with van der Waals surface area (Å²) >= 11 is 0. The minimum Gasteiger partial charge on any atom is -0.455 e. The van der Waals surface area contributed by atoms with Gasteiger partial charge < -0.3 is 14.5 Å². The molecule has 2 bridgehead atoms. The summed E-state index contributed by atoms with van der Waals surface area (Å²) in [5.74, 6) is -0.224. The molecule has 6 rings (SSSR count). The molecule has 3 saturated carbocycles. The highest BCUT2D eigenvalue weighted by Crippen LogP contribution is 2.51. The average molecular weight is 415 g/mol. The second-order valence-electron chi connectivity index (χ2n) is 8.44. The summed E-state index contributed by atoms with van der Waals surface area (Å²) in [5.41, 5.74) is 2.18. The second-order valence-corrected chi connectivity index (χ2v) is 8.44. The molecule has 1 N–H and O–H groups in total. The van der Waals surface area contributed by atoms with Crippen LogP contribution in [0.3, 0.4) is 0 Å². The normalized spacial score (nSPS) is 26.9. The van der Waals surface area contributed by atoms with E-state index in [9.17, 15) is 9.59 Å². The van der Waals surface area contributed by atoms with Gasteiger partial charge in [0.15, 0.2) is 0 Å². The lowest BCUT2D eigenvalue weighted by Gasteiger charge is -2.50. The summed E-state index contributed by atoms with van der Waals surface area (Å²) in [4.78, 5) is 29.1. The molecule has 3 aliphatic carbocycles. The predicted molar refractivity (Wildman–Crippen MR) is 116 cm³/mol. The number of hydrogen-bond donors (Lipinski definition) is 1. The number of aromatic nitrogens is 1. The van der Waals surface area contributed by atoms with E-state index in [0.717, 1.165) is 25.0 Å². The van der Waals surface area contributed by atoms with Crippen LogP contribution in [0.5, 0.6) is 0 Å². The van der Waals surface area contributed by atoms with Crippen molar-refractivity contribution in [2.24, 2.45) is 11.8 Å². The number of aromatic amines is 1. The third-order valence-electron chi connectivity index (χ3n) is 6.68. The zero-order chi connectivity index (χ0) is 21.2. The number of esters is 2. The summed E-state index contributed by atoms with van der Waals surface area (Å²) in [6, 6.07) is 22.1. The third-order valence-corrected chi connectivity index (χ3v) is 6.68. The van der Waals surface area contributed by atoms with Crippen molar-refractivity contribution in [3.63, 3.8) is 0 Å². The van der Waals surface area contributed by atoms with Crippen LogP contribution in [-0.2, 0) is 9.47 Å². The first-order valence-electron chi connectivity index (χ1n) is 10.9. The maximum absolute atomic E-state index is 12.9. The highest BCUT2D eigenvalue weighted by Gasteiger charge is 2.53. The molecule has 5 atom stereocenters. The van der Waals surface area contributed by atoms with Gasteiger partial charge >= 0.3 is 11.9 Å². The van der Waals surface area contributed by atoms with Gasteiger partial charge in [0.1, 0.15) is 12.2 Å². The summed E-state index contributed by atoms with van der Waals surface area (Å²) in [7, 11) is 0. The van der Waals surface area contributed by atoms with Crippen LogP contribution in [0.1, 0.15) is 51.6 Å². The van der Waals surface area contributed by atoms with Gasteiger partial charge in [0.2, 0.25) is 0 Å². The van der Waals surface area contributed by atoms with E-state index in [0.29, 0.717) is 11.1 Å². The molecule has 0 saturated heterocycles. The van der Waals surface area contributed by atoms with Gasteiger partial charge in [-0.3, -0.25) is 0 Å². The number of carbonyl (C=O) groups is 2. The number of nitrogens with one attached hydrogen (secondary N) is 1. The molecule has 31 heavy (non-hydrogen) atoms. The number of H-pyrrole nitrogens is 1. The fourth-order valence-corrected chi connectivity index (χ4v) is 5.21. The van der Waals surface area contributed by atoms with Crippen LogP contribution in [0, 0.1) is 11.8 Å². The molecule has 1 heterocycles. The first-order chi connectivity index (χ1) is 15.2. The Kier molecular flexibility index (Phi) is 5.33. The Morgan fingerprint density at radius 2 is 1.35 bits per heavy atom. The molecule has 5 nitrogen and oxygen atoms in total. The lowest BCUT2D eigenvalue weighted by Crippen LogP contribution is -2.54. The topological polar surface area (TPSA) is 68.4 Å². The van der Waals surface area contributed by atoms with E-state index in [1.807, 2.05) is 48.7 Å². The van der Waals surface area contributed by atoms with Crippen molar-refractivity contribution in [2.45, 2.75) is 37.4 Å². The second kappa shape index (κ2) is 8.42. The first-order valence-corrected chi connectivity index (χ1v) is 10.9. The molecule has 0 amide bonds. The molecule has 2 aromatic carbocycles. The maximum atomic E-state index is 12.9. The first kappa shape index (κ1) is 19.6. The number of benzene rings is 2. The summed E-state index contributed by atoms with van der Waals surface area (Å²) in [5, 5.41) is 0.